The van der Waals surface area contributed by atoms with E-state index in [1.807, 2.05) is 18.2 Å². The first-order valence-electron chi connectivity index (χ1n) is 9.80. The molecule has 2 unspecified atom stereocenters. The van der Waals surface area contributed by atoms with Gasteiger partial charge in [0.1, 0.15) is 5.78 Å². The molecule has 0 aliphatic carbocycles. The highest BCUT2D eigenvalue weighted by Gasteiger charge is 2.45. The number of carboxylic acid groups (broad SMARTS) is 2. The molecule has 0 spiro atoms. The van der Waals surface area contributed by atoms with E-state index in [2.05, 4.69) is 0 Å². The molecular weight excluding hydrogens is 400 g/mol. The third-order valence-corrected chi connectivity index (χ3v) is 4.12. The zero-order chi connectivity index (χ0) is 23.7. The number of ketones is 1. The highest BCUT2D eigenvalue weighted by atomic mass is 16.5. The Kier molecular flexibility index (Phi) is 9.55. The maximum Gasteiger partial charge on any atom is 0.341 e. The molecule has 0 bridgehead atoms. The molecule has 2 atom stereocenters. The van der Waals surface area contributed by atoms with Gasteiger partial charge in [0, 0.05) is 6.42 Å². The number of ether oxygens (including phenoxy) is 1. The van der Waals surface area contributed by atoms with Crippen molar-refractivity contribution in [3.05, 3.63) is 71.8 Å². The second kappa shape index (κ2) is 11.4. The number of aliphatic hydroxyl groups excluding tert-OH is 1. The van der Waals surface area contributed by atoms with Crippen LogP contribution in [0.25, 0.3) is 0 Å². The van der Waals surface area contributed by atoms with E-state index in [9.17, 15) is 19.5 Å². The first-order valence-corrected chi connectivity index (χ1v) is 9.80. The minimum absolute atomic E-state index is 0.163. The van der Waals surface area contributed by atoms with E-state index in [-0.39, 0.29) is 18.6 Å². The van der Waals surface area contributed by atoms with Crippen molar-refractivity contribution in [2.75, 3.05) is 0 Å². The molecule has 0 aromatic heterocycles. The van der Waals surface area contributed by atoms with Crippen molar-refractivity contribution >= 4 is 17.7 Å². The van der Waals surface area contributed by atoms with Crippen LogP contribution in [-0.2, 0) is 31.1 Å². The lowest BCUT2D eigenvalue weighted by molar-refractivity contribution is -0.190. The van der Waals surface area contributed by atoms with Crippen LogP contribution in [0.15, 0.2) is 60.7 Å². The molecule has 7 nitrogen and oxygen atoms in total. The van der Waals surface area contributed by atoms with Crippen molar-refractivity contribution in [1.82, 2.24) is 0 Å². The number of rotatable bonds is 8. The zero-order valence-electron chi connectivity index (χ0n) is 18.2. The molecule has 0 saturated heterocycles. The third kappa shape index (κ3) is 8.70. The van der Waals surface area contributed by atoms with E-state index in [4.69, 9.17) is 14.9 Å². The quantitative estimate of drug-likeness (QED) is 0.586. The third-order valence-electron chi connectivity index (χ3n) is 4.12. The number of carbonyl (C=O) groups excluding carboxylic acids is 1. The van der Waals surface area contributed by atoms with Crippen LogP contribution in [0.3, 0.4) is 0 Å². The predicted molar refractivity (Wildman–Crippen MR) is 116 cm³/mol. The smallest absolute Gasteiger partial charge is 0.341 e. The van der Waals surface area contributed by atoms with Crippen LogP contribution in [0.2, 0.25) is 0 Å². The molecule has 0 fully saturated rings. The largest absolute Gasteiger partial charge is 0.479 e. The second-order valence-electron chi connectivity index (χ2n) is 8.14. The summed E-state index contributed by atoms with van der Waals surface area (Å²) < 4.78 is 5.76. The first kappa shape index (κ1) is 26.0. The van der Waals surface area contributed by atoms with Crippen molar-refractivity contribution in [2.24, 2.45) is 0 Å². The van der Waals surface area contributed by atoms with Crippen LogP contribution in [0.1, 0.15) is 45.2 Å². The van der Waals surface area contributed by atoms with E-state index < -0.39 is 29.2 Å². The van der Waals surface area contributed by atoms with Crippen LogP contribution in [0.4, 0.5) is 0 Å². The minimum atomic E-state index is -1.63. The van der Waals surface area contributed by atoms with Gasteiger partial charge in [-0.25, -0.2) is 9.59 Å². The molecule has 168 valence electrons. The lowest BCUT2D eigenvalue weighted by Crippen LogP contribution is -2.45. The number of hydrogen-bond donors (Lipinski definition) is 3. The van der Waals surface area contributed by atoms with E-state index in [1.165, 1.54) is 6.92 Å². The maximum atomic E-state index is 11.8. The van der Waals surface area contributed by atoms with Crippen LogP contribution < -0.4 is 0 Å². The highest BCUT2D eigenvalue weighted by molar-refractivity contribution is 5.88. The highest BCUT2D eigenvalue weighted by Crippen LogP contribution is 2.34. The molecule has 7 heteroatoms. The van der Waals surface area contributed by atoms with Gasteiger partial charge >= 0.3 is 11.9 Å². The monoisotopic (exact) mass is 430 g/mol. The lowest BCUT2D eigenvalue weighted by atomic mass is 9.87. The number of Topliss-reactive ketones (excluding diaryl/α,β-unsaturated/α-hetero) is 1. The summed E-state index contributed by atoms with van der Waals surface area (Å²) in [4.78, 5) is 33.5. The average molecular weight is 430 g/mol. The number of aliphatic carboxylic acids is 2. The number of aliphatic hydroxyl groups is 1. The summed E-state index contributed by atoms with van der Waals surface area (Å²) in [6.07, 6.45) is -1.33. The molecule has 0 amide bonds. The molecule has 0 aliphatic rings. The van der Waals surface area contributed by atoms with Crippen molar-refractivity contribution < 1.29 is 34.4 Å². The summed E-state index contributed by atoms with van der Waals surface area (Å²) in [6.45, 7) is 6.68. The zero-order valence-corrected chi connectivity index (χ0v) is 18.2. The molecule has 0 radical (unpaired) electrons. The van der Waals surface area contributed by atoms with Crippen molar-refractivity contribution in [3.63, 3.8) is 0 Å². The minimum Gasteiger partial charge on any atom is -0.479 e. The van der Waals surface area contributed by atoms with Crippen LogP contribution in [-0.4, -0.2) is 44.7 Å². The summed E-state index contributed by atoms with van der Waals surface area (Å²) in [5.41, 5.74) is -1.00. The van der Waals surface area contributed by atoms with E-state index in [0.717, 1.165) is 5.56 Å². The molecule has 0 heterocycles. The van der Waals surface area contributed by atoms with Gasteiger partial charge in [0.25, 0.3) is 0 Å². The maximum absolute atomic E-state index is 11.8. The molecule has 0 aliphatic heterocycles. The van der Waals surface area contributed by atoms with Gasteiger partial charge in [-0.05, 0) is 38.8 Å². The standard InChI is InChI=1S/C15H20O4.C9H10O3/c1-11(16)10-15(13(17)18,19-14(2,3)4)12-8-6-5-7-9-12;10-8(9(11)12)6-7-4-2-1-3-5-7/h5-9H,10H2,1-4H3,(H,17,18);1-5,8,10H,6H2,(H,11,12). The summed E-state index contributed by atoms with van der Waals surface area (Å²) in [5.74, 6) is -2.56. The summed E-state index contributed by atoms with van der Waals surface area (Å²) in [7, 11) is 0. The Morgan fingerprint density at radius 2 is 1.39 bits per heavy atom. The molecule has 31 heavy (non-hydrogen) atoms. The van der Waals surface area contributed by atoms with E-state index >= 15 is 0 Å². The number of hydrogen-bond acceptors (Lipinski definition) is 5. The first-order chi connectivity index (χ1) is 14.4. The van der Waals surface area contributed by atoms with Crippen molar-refractivity contribution in [2.45, 2.75) is 57.8 Å². The second-order valence-corrected chi connectivity index (χ2v) is 8.14. The predicted octanol–water partition coefficient (Wildman–Crippen LogP) is 3.44. The SMILES string of the molecule is CC(=O)CC(OC(C)(C)C)(C(=O)O)c1ccccc1.O=C(O)C(O)Cc1ccccc1. The van der Waals surface area contributed by atoms with Gasteiger partial charge in [-0.2, -0.15) is 0 Å². The molecule has 3 N–H and O–H groups in total. The van der Waals surface area contributed by atoms with Crippen LogP contribution >= 0.6 is 0 Å². The number of carbonyl (C=O) groups is 3. The van der Waals surface area contributed by atoms with Crippen LogP contribution in [0.5, 0.6) is 0 Å². The van der Waals surface area contributed by atoms with Gasteiger partial charge in [-0.1, -0.05) is 60.7 Å². The Morgan fingerprint density at radius 3 is 1.77 bits per heavy atom. The van der Waals surface area contributed by atoms with Gasteiger partial charge in [0.15, 0.2) is 11.7 Å². The van der Waals surface area contributed by atoms with Crippen LogP contribution in [0, 0.1) is 0 Å². The van der Waals surface area contributed by atoms with Gasteiger partial charge < -0.3 is 20.1 Å². The van der Waals surface area contributed by atoms with Gasteiger partial charge in [0.05, 0.1) is 12.0 Å². The molecule has 0 saturated carbocycles. The lowest BCUT2D eigenvalue weighted by Gasteiger charge is -2.36. The average Bonchev–Trinajstić information content (AvgIpc) is 2.67. The Labute approximate surface area is 182 Å². The number of benzene rings is 2. The molecule has 2 aromatic rings. The summed E-state index contributed by atoms with van der Waals surface area (Å²) >= 11 is 0. The molecular formula is C24H30O7. The summed E-state index contributed by atoms with van der Waals surface area (Å²) in [5, 5.41) is 27.0. The normalized spacial score (nSPS) is 13.8. The fraction of sp³-hybridized carbons (Fsp3) is 0.375. The van der Waals surface area contributed by atoms with Gasteiger partial charge in [-0.3, -0.25) is 4.79 Å². The molecule has 2 aromatic carbocycles. The fourth-order valence-electron chi connectivity index (χ4n) is 2.95. The fourth-order valence-corrected chi connectivity index (χ4v) is 2.95. The topological polar surface area (TPSA) is 121 Å². The Bertz CT molecular complexity index is 857. The van der Waals surface area contributed by atoms with Gasteiger partial charge in [-0.15, -0.1) is 0 Å². The Balaban J connectivity index is 0.000000343. The van der Waals surface area contributed by atoms with E-state index in [0.29, 0.717) is 5.56 Å². The van der Waals surface area contributed by atoms with E-state index in [1.54, 1.807) is 63.2 Å². The number of carboxylic acids is 2. The van der Waals surface area contributed by atoms with Crippen molar-refractivity contribution in [3.8, 4) is 0 Å². The Hall–Kier alpha value is -3.03. The van der Waals surface area contributed by atoms with Gasteiger partial charge in [0.2, 0.25) is 0 Å². The van der Waals surface area contributed by atoms with Crippen molar-refractivity contribution in [1.29, 1.82) is 0 Å². The summed E-state index contributed by atoms with van der Waals surface area (Å²) in [6, 6.07) is 17.6. The molecule has 2 rings (SSSR count). The Morgan fingerprint density at radius 1 is 0.903 bits per heavy atom.